The number of amides is 1. The Hall–Kier alpha value is -4.09. The van der Waals surface area contributed by atoms with Crippen LogP contribution in [0.3, 0.4) is 0 Å². The number of nitro groups is 1. The highest BCUT2D eigenvalue weighted by Gasteiger charge is 2.28. The smallest absolute Gasteiger partial charge is 0.344 e. The van der Waals surface area contributed by atoms with Gasteiger partial charge in [-0.05, 0) is 37.6 Å². The molecule has 0 saturated carbocycles. The van der Waals surface area contributed by atoms with E-state index in [1.54, 1.807) is 35.8 Å². The second-order valence-electron chi connectivity index (χ2n) is 7.43. The van der Waals surface area contributed by atoms with Crippen molar-refractivity contribution in [2.45, 2.75) is 19.9 Å². The van der Waals surface area contributed by atoms with E-state index in [0.717, 1.165) is 6.07 Å². The molecule has 0 fully saturated rings. The number of nitrogens with zero attached hydrogens (tertiary/aromatic N) is 4. The fraction of sp³-hybridized carbons (Fsp3) is 0.217. The van der Waals surface area contributed by atoms with Gasteiger partial charge in [0.2, 0.25) is 0 Å². The first-order valence-electron chi connectivity index (χ1n) is 10.7. The van der Waals surface area contributed by atoms with Crippen LogP contribution in [-0.4, -0.2) is 49.7 Å². The Kier molecular flexibility index (Phi) is 6.90. The normalized spacial score (nSPS) is 11.1. The number of benzene rings is 2. The van der Waals surface area contributed by atoms with Gasteiger partial charge in [0.15, 0.2) is 5.65 Å². The number of anilines is 1. The van der Waals surface area contributed by atoms with Gasteiger partial charge in [-0.3, -0.25) is 14.9 Å². The van der Waals surface area contributed by atoms with E-state index in [2.05, 4.69) is 15.3 Å². The molecule has 0 radical (unpaired) electrons. The van der Waals surface area contributed by atoms with E-state index in [1.807, 2.05) is 0 Å². The Morgan fingerprint density at radius 3 is 2.57 bits per heavy atom. The van der Waals surface area contributed by atoms with Gasteiger partial charge in [-0.2, -0.15) is 0 Å². The second kappa shape index (κ2) is 10.0. The van der Waals surface area contributed by atoms with Gasteiger partial charge in [0, 0.05) is 24.8 Å². The van der Waals surface area contributed by atoms with Gasteiger partial charge in [-0.15, -0.1) is 0 Å². The first kappa shape index (κ1) is 24.0. The first-order chi connectivity index (χ1) is 16.8. The molecule has 4 rings (SSSR count). The molecule has 0 aliphatic heterocycles. The van der Waals surface area contributed by atoms with Crippen molar-refractivity contribution in [1.29, 1.82) is 0 Å². The molecule has 4 aromatic rings. The highest BCUT2D eigenvalue weighted by Crippen LogP contribution is 2.32. The van der Waals surface area contributed by atoms with Crippen LogP contribution in [0.25, 0.3) is 22.2 Å². The lowest BCUT2D eigenvalue weighted by atomic mass is 10.2. The van der Waals surface area contributed by atoms with E-state index in [4.69, 9.17) is 16.3 Å². The third-order valence-corrected chi connectivity index (χ3v) is 5.53. The first-order valence-corrected chi connectivity index (χ1v) is 11.1. The summed E-state index contributed by atoms with van der Waals surface area (Å²) in [6, 6.07) is 10.7. The molecule has 11 nitrogen and oxygen atoms in total. The maximum Gasteiger partial charge on any atom is 0.344 e. The molecule has 35 heavy (non-hydrogen) atoms. The third kappa shape index (κ3) is 4.63. The number of aliphatic hydroxyl groups is 1. The molecule has 0 aliphatic carbocycles. The van der Waals surface area contributed by atoms with E-state index < -0.39 is 22.5 Å². The molecule has 0 atom stereocenters. The molecule has 0 spiro atoms. The van der Waals surface area contributed by atoms with Crippen molar-refractivity contribution in [3.8, 4) is 0 Å². The van der Waals surface area contributed by atoms with Crippen LogP contribution in [0, 0.1) is 10.1 Å². The predicted octanol–water partition coefficient (Wildman–Crippen LogP) is 3.96. The largest absolute Gasteiger partial charge is 0.462 e. The Bertz CT molecular complexity index is 1470. The summed E-state index contributed by atoms with van der Waals surface area (Å²) in [6.45, 7) is 1.79. The van der Waals surface area contributed by atoms with E-state index in [9.17, 15) is 24.8 Å². The van der Waals surface area contributed by atoms with Crippen LogP contribution in [0.1, 0.15) is 34.1 Å². The molecular formula is C23H20ClN5O6. The number of carbonyl (C=O) groups excluding carboxylic acids is 2. The number of esters is 1. The average Bonchev–Trinajstić information content (AvgIpc) is 3.13. The van der Waals surface area contributed by atoms with Crippen LogP contribution >= 0.6 is 11.6 Å². The number of aliphatic hydroxyl groups excluding tert-OH is 1. The maximum atomic E-state index is 13.1. The molecule has 0 bridgehead atoms. The number of aromatic nitrogens is 3. The summed E-state index contributed by atoms with van der Waals surface area (Å²) < 4.78 is 6.80. The standard InChI is InChI=1S/C23H20ClN5O6/c1-2-35-23(32)18-19-21(26-16-7-4-3-6-15(16)25-19)28(10-5-11-30)20(18)27-22(31)13-8-9-14(24)17(12-13)29(33)34/h3-4,6-9,12,30H,2,5,10-11H2,1H3,(H,27,31). The fourth-order valence-electron chi connectivity index (χ4n) is 3.65. The van der Waals surface area contributed by atoms with Gasteiger partial charge in [0.1, 0.15) is 21.9 Å². The van der Waals surface area contributed by atoms with Gasteiger partial charge in [0.25, 0.3) is 11.6 Å². The van der Waals surface area contributed by atoms with Gasteiger partial charge in [-0.1, -0.05) is 23.7 Å². The van der Waals surface area contributed by atoms with Crippen LogP contribution in [0.2, 0.25) is 5.02 Å². The lowest BCUT2D eigenvalue weighted by Crippen LogP contribution is -2.19. The quantitative estimate of drug-likeness (QED) is 0.211. The van der Waals surface area contributed by atoms with Gasteiger partial charge in [-0.25, -0.2) is 14.8 Å². The summed E-state index contributed by atoms with van der Waals surface area (Å²) in [7, 11) is 0. The summed E-state index contributed by atoms with van der Waals surface area (Å²) in [5.74, 6) is -1.38. The minimum absolute atomic E-state index is 0.00476. The van der Waals surface area contributed by atoms with E-state index in [-0.39, 0.29) is 47.2 Å². The van der Waals surface area contributed by atoms with Crippen LogP contribution in [0.4, 0.5) is 11.5 Å². The molecule has 0 aliphatic rings. The number of carbonyl (C=O) groups is 2. The highest BCUT2D eigenvalue weighted by atomic mass is 35.5. The average molecular weight is 498 g/mol. The molecule has 2 N–H and O–H groups in total. The SMILES string of the molecule is CCOC(=O)c1c(NC(=O)c2ccc(Cl)c([N+](=O)[O-])c2)n(CCCO)c2nc3ccccc3nc12. The Morgan fingerprint density at radius 1 is 1.20 bits per heavy atom. The lowest BCUT2D eigenvalue weighted by Gasteiger charge is -2.12. The zero-order valence-corrected chi connectivity index (χ0v) is 19.3. The number of aryl methyl sites for hydroxylation is 1. The van der Waals surface area contributed by atoms with Crippen molar-refractivity contribution >= 4 is 57.2 Å². The molecule has 12 heteroatoms. The number of hydrogen-bond acceptors (Lipinski definition) is 8. The zero-order valence-electron chi connectivity index (χ0n) is 18.5. The van der Waals surface area contributed by atoms with E-state index >= 15 is 0 Å². The molecular weight excluding hydrogens is 478 g/mol. The topological polar surface area (TPSA) is 149 Å². The number of nitrogens with one attached hydrogen (secondary N) is 1. The number of nitro benzene ring substituents is 1. The molecule has 1 amide bonds. The molecule has 2 aromatic carbocycles. The molecule has 0 saturated heterocycles. The van der Waals surface area contributed by atoms with Crippen molar-refractivity contribution < 1.29 is 24.4 Å². The summed E-state index contributed by atoms with van der Waals surface area (Å²) in [5.41, 5.74) is 1.17. The molecule has 2 heterocycles. The summed E-state index contributed by atoms with van der Waals surface area (Å²) in [5, 5.41) is 23.2. The molecule has 180 valence electrons. The number of para-hydroxylation sites is 2. The lowest BCUT2D eigenvalue weighted by molar-refractivity contribution is -0.384. The van der Waals surface area contributed by atoms with Crippen molar-refractivity contribution in [3.63, 3.8) is 0 Å². The monoisotopic (exact) mass is 497 g/mol. The van der Waals surface area contributed by atoms with Gasteiger partial charge >= 0.3 is 5.97 Å². The Balaban J connectivity index is 1.92. The van der Waals surface area contributed by atoms with Crippen LogP contribution in [0.15, 0.2) is 42.5 Å². The predicted molar refractivity (Wildman–Crippen MR) is 129 cm³/mol. The van der Waals surface area contributed by atoms with Crippen LogP contribution in [0.5, 0.6) is 0 Å². The number of hydrogen-bond donors (Lipinski definition) is 2. The fourth-order valence-corrected chi connectivity index (χ4v) is 3.83. The van der Waals surface area contributed by atoms with Crippen molar-refractivity contribution in [2.75, 3.05) is 18.5 Å². The Labute approximate surface area is 203 Å². The van der Waals surface area contributed by atoms with Crippen molar-refractivity contribution in [2.24, 2.45) is 0 Å². The van der Waals surface area contributed by atoms with Crippen molar-refractivity contribution in [1.82, 2.24) is 14.5 Å². The minimum atomic E-state index is -0.720. The van der Waals surface area contributed by atoms with Crippen LogP contribution in [-0.2, 0) is 11.3 Å². The number of ether oxygens (including phenoxy) is 1. The van der Waals surface area contributed by atoms with Crippen molar-refractivity contribution in [3.05, 3.63) is 68.7 Å². The van der Waals surface area contributed by atoms with Gasteiger partial charge in [0.05, 0.1) is 22.6 Å². The summed E-state index contributed by atoms with van der Waals surface area (Å²) in [4.78, 5) is 45.9. The summed E-state index contributed by atoms with van der Waals surface area (Å²) in [6.07, 6.45) is 0.301. The van der Waals surface area contributed by atoms with Crippen LogP contribution < -0.4 is 5.32 Å². The number of rotatable bonds is 8. The minimum Gasteiger partial charge on any atom is -0.462 e. The number of halogens is 1. The third-order valence-electron chi connectivity index (χ3n) is 5.21. The van der Waals surface area contributed by atoms with E-state index in [0.29, 0.717) is 23.1 Å². The van der Waals surface area contributed by atoms with Gasteiger partial charge < -0.3 is 19.7 Å². The molecule has 2 aromatic heterocycles. The highest BCUT2D eigenvalue weighted by molar-refractivity contribution is 6.32. The van der Waals surface area contributed by atoms with E-state index in [1.165, 1.54) is 12.1 Å². The maximum absolute atomic E-state index is 13.1. The molecule has 0 unspecified atom stereocenters. The summed E-state index contributed by atoms with van der Waals surface area (Å²) >= 11 is 5.87. The zero-order chi connectivity index (χ0) is 25.1. The Morgan fingerprint density at radius 2 is 1.91 bits per heavy atom. The second-order valence-corrected chi connectivity index (χ2v) is 7.84. The number of fused-ring (bicyclic) bond motifs is 2.